The first kappa shape index (κ1) is 13.2. The number of aromatic nitrogens is 2. The van der Waals surface area contributed by atoms with Crippen LogP contribution in [-0.2, 0) is 20.0 Å². The third-order valence-electron chi connectivity index (χ3n) is 2.85. The predicted octanol–water partition coefficient (Wildman–Crippen LogP) is 1.01. The standard InChI is InChI=1S/C12H24N4/c1-5-11-6-12(16(4)14-11)9-15(3)8-10(2)7-13/h6,10H,5,7-9,13H2,1-4H3. The summed E-state index contributed by atoms with van der Waals surface area (Å²) in [6.07, 6.45) is 0.997. The maximum absolute atomic E-state index is 5.63. The Morgan fingerprint density at radius 1 is 1.56 bits per heavy atom. The highest BCUT2D eigenvalue weighted by atomic mass is 15.3. The lowest BCUT2D eigenvalue weighted by atomic mass is 10.1. The molecule has 0 aliphatic heterocycles. The second-order valence-electron chi connectivity index (χ2n) is 4.64. The Morgan fingerprint density at radius 3 is 2.75 bits per heavy atom. The van der Waals surface area contributed by atoms with Crippen LogP contribution < -0.4 is 5.73 Å². The van der Waals surface area contributed by atoms with E-state index >= 15 is 0 Å². The van der Waals surface area contributed by atoms with E-state index in [2.05, 4.69) is 37.0 Å². The Hall–Kier alpha value is -0.870. The zero-order valence-corrected chi connectivity index (χ0v) is 10.9. The van der Waals surface area contributed by atoms with Crippen LogP contribution >= 0.6 is 0 Å². The van der Waals surface area contributed by atoms with Gasteiger partial charge < -0.3 is 10.6 Å². The summed E-state index contributed by atoms with van der Waals surface area (Å²) in [6, 6.07) is 2.18. The van der Waals surface area contributed by atoms with Gasteiger partial charge in [0.15, 0.2) is 0 Å². The quantitative estimate of drug-likeness (QED) is 0.784. The van der Waals surface area contributed by atoms with E-state index in [1.165, 1.54) is 5.69 Å². The molecule has 0 bridgehead atoms. The van der Waals surface area contributed by atoms with E-state index in [0.29, 0.717) is 5.92 Å². The second-order valence-corrected chi connectivity index (χ2v) is 4.64. The number of rotatable bonds is 6. The van der Waals surface area contributed by atoms with Crippen molar-refractivity contribution in [1.29, 1.82) is 0 Å². The fourth-order valence-electron chi connectivity index (χ4n) is 1.84. The van der Waals surface area contributed by atoms with Crippen LogP contribution in [-0.4, -0.2) is 34.8 Å². The Labute approximate surface area is 98.4 Å². The molecule has 0 aliphatic carbocycles. The molecule has 0 fully saturated rings. The van der Waals surface area contributed by atoms with Crippen molar-refractivity contribution in [2.75, 3.05) is 20.1 Å². The molecule has 1 aromatic heterocycles. The smallest absolute Gasteiger partial charge is 0.0625 e. The first-order chi connectivity index (χ1) is 7.56. The Bertz CT molecular complexity index is 319. The predicted molar refractivity (Wildman–Crippen MR) is 67.1 cm³/mol. The summed E-state index contributed by atoms with van der Waals surface area (Å²) >= 11 is 0. The number of nitrogens with zero attached hydrogens (tertiary/aromatic N) is 3. The van der Waals surface area contributed by atoms with E-state index in [0.717, 1.165) is 31.7 Å². The minimum absolute atomic E-state index is 0.545. The van der Waals surface area contributed by atoms with Crippen molar-refractivity contribution < 1.29 is 0 Å². The van der Waals surface area contributed by atoms with Crippen molar-refractivity contribution in [3.63, 3.8) is 0 Å². The first-order valence-corrected chi connectivity index (χ1v) is 5.97. The molecule has 0 saturated carbocycles. The molecule has 1 rings (SSSR count). The summed E-state index contributed by atoms with van der Waals surface area (Å²) in [7, 11) is 4.14. The van der Waals surface area contributed by atoms with Crippen molar-refractivity contribution in [3.8, 4) is 0 Å². The van der Waals surface area contributed by atoms with Gasteiger partial charge in [-0.05, 0) is 32.0 Å². The van der Waals surface area contributed by atoms with Crippen molar-refractivity contribution in [2.45, 2.75) is 26.8 Å². The largest absolute Gasteiger partial charge is 0.330 e. The van der Waals surface area contributed by atoms with Crippen LogP contribution in [0.1, 0.15) is 25.2 Å². The SMILES string of the molecule is CCc1cc(CN(C)CC(C)CN)n(C)n1. The maximum atomic E-state index is 5.63. The van der Waals surface area contributed by atoms with Gasteiger partial charge in [0.25, 0.3) is 0 Å². The summed E-state index contributed by atoms with van der Waals surface area (Å²) in [5.74, 6) is 0.545. The lowest BCUT2D eigenvalue weighted by Crippen LogP contribution is -2.28. The van der Waals surface area contributed by atoms with Gasteiger partial charge in [-0.3, -0.25) is 4.68 Å². The summed E-state index contributed by atoms with van der Waals surface area (Å²) in [5, 5.41) is 4.45. The fraction of sp³-hybridized carbons (Fsp3) is 0.750. The van der Waals surface area contributed by atoms with Crippen molar-refractivity contribution >= 4 is 0 Å². The van der Waals surface area contributed by atoms with Gasteiger partial charge in [-0.1, -0.05) is 13.8 Å². The van der Waals surface area contributed by atoms with Crippen LogP contribution in [0.4, 0.5) is 0 Å². The lowest BCUT2D eigenvalue weighted by molar-refractivity contribution is 0.275. The summed E-state index contributed by atoms with van der Waals surface area (Å²) in [5.41, 5.74) is 8.06. The highest BCUT2D eigenvalue weighted by Crippen LogP contribution is 2.07. The van der Waals surface area contributed by atoms with Gasteiger partial charge in [0, 0.05) is 20.1 Å². The summed E-state index contributed by atoms with van der Waals surface area (Å²) in [6.45, 7) is 7.02. The van der Waals surface area contributed by atoms with Crippen LogP contribution in [0.25, 0.3) is 0 Å². The van der Waals surface area contributed by atoms with Gasteiger partial charge in [-0.2, -0.15) is 5.10 Å². The van der Waals surface area contributed by atoms with Gasteiger partial charge in [0.2, 0.25) is 0 Å². The minimum atomic E-state index is 0.545. The van der Waals surface area contributed by atoms with E-state index in [4.69, 9.17) is 5.73 Å². The average molecular weight is 224 g/mol. The number of hydrogen-bond donors (Lipinski definition) is 1. The molecule has 0 aromatic carbocycles. The molecule has 0 aliphatic rings. The van der Waals surface area contributed by atoms with Crippen LogP contribution in [0.3, 0.4) is 0 Å². The molecule has 1 unspecified atom stereocenters. The molecule has 2 N–H and O–H groups in total. The van der Waals surface area contributed by atoms with Gasteiger partial charge in [-0.15, -0.1) is 0 Å². The van der Waals surface area contributed by atoms with E-state index in [1.807, 2.05) is 11.7 Å². The van der Waals surface area contributed by atoms with Crippen LogP contribution in [0, 0.1) is 5.92 Å². The van der Waals surface area contributed by atoms with E-state index in [9.17, 15) is 0 Å². The normalized spacial score (nSPS) is 13.4. The van der Waals surface area contributed by atoms with Gasteiger partial charge in [0.05, 0.1) is 11.4 Å². The van der Waals surface area contributed by atoms with Gasteiger partial charge in [0.1, 0.15) is 0 Å². The highest BCUT2D eigenvalue weighted by molar-refractivity contribution is 5.09. The zero-order chi connectivity index (χ0) is 12.1. The third-order valence-corrected chi connectivity index (χ3v) is 2.85. The zero-order valence-electron chi connectivity index (χ0n) is 10.9. The molecular formula is C12H24N4. The van der Waals surface area contributed by atoms with E-state index in [1.54, 1.807) is 0 Å². The van der Waals surface area contributed by atoms with Crippen LogP contribution in [0.15, 0.2) is 6.07 Å². The number of nitrogens with two attached hydrogens (primary N) is 1. The Balaban J connectivity index is 2.55. The molecule has 4 nitrogen and oxygen atoms in total. The summed E-state index contributed by atoms with van der Waals surface area (Å²) in [4.78, 5) is 2.30. The average Bonchev–Trinajstić information content (AvgIpc) is 2.59. The monoisotopic (exact) mass is 224 g/mol. The molecule has 1 atom stereocenters. The fourth-order valence-corrected chi connectivity index (χ4v) is 1.84. The van der Waals surface area contributed by atoms with E-state index in [-0.39, 0.29) is 0 Å². The lowest BCUT2D eigenvalue weighted by Gasteiger charge is -2.20. The number of aryl methyl sites for hydroxylation is 2. The van der Waals surface area contributed by atoms with E-state index < -0.39 is 0 Å². The molecule has 4 heteroatoms. The molecule has 16 heavy (non-hydrogen) atoms. The maximum Gasteiger partial charge on any atom is 0.0625 e. The topological polar surface area (TPSA) is 47.1 Å². The molecule has 0 saturated heterocycles. The van der Waals surface area contributed by atoms with Gasteiger partial charge >= 0.3 is 0 Å². The highest BCUT2D eigenvalue weighted by Gasteiger charge is 2.09. The summed E-state index contributed by atoms with van der Waals surface area (Å²) < 4.78 is 1.97. The molecule has 1 aromatic rings. The molecule has 0 radical (unpaired) electrons. The third kappa shape index (κ3) is 3.61. The van der Waals surface area contributed by atoms with Crippen molar-refractivity contribution in [1.82, 2.24) is 14.7 Å². The second kappa shape index (κ2) is 6.01. The molecule has 1 heterocycles. The Morgan fingerprint density at radius 2 is 2.25 bits per heavy atom. The van der Waals surface area contributed by atoms with Crippen molar-refractivity contribution in [2.24, 2.45) is 18.7 Å². The molecule has 0 amide bonds. The van der Waals surface area contributed by atoms with Crippen LogP contribution in [0.5, 0.6) is 0 Å². The van der Waals surface area contributed by atoms with Crippen LogP contribution in [0.2, 0.25) is 0 Å². The molecular weight excluding hydrogens is 200 g/mol. The van der Waals surface area contributed by atoms with Gasteiger partial charge in [-0.25, -0.2) is 0 Å². The first-order valence-electron chi connectivity index (χ1n) is 5.97. The number of hydrogen-bond acceptors (Lipinski definition) is 3. The minimum Gasteiger partial charge on any atom is -0.330 e. The molecule has 92 valence electrons. The Kier molecular flexibility index (Phi) is 4.96. The van der Waals surface area contributed by atoms with Crippen molar-refractivity contribution in [3.05, 3.63) is 17.5 Å². The molecule has 0 spiro atoms.